The molecule has 1 aromatic carbocycles. The van der Waals surface area contributed by atoms with Crippen LogP contribution in [0.1, 0.15) is 11.1 Å². The van der Waals surface area contributed by atoms with Crippen LogP contribution in [0.15, 0.2) is 36.5 Å². The van der Waals surface area contributed by atoms with E-state index < -0.39 is 28.2 Å². The topological polar surface area (TPSA) is 71.5 Å². The van der Waals surface area contributed by atoms with Crippen LogP contribution in [0.2, 0.25) is 0 Å². The molecule has 0 saturated heterocycles. The summed E-state index contributed by atoms with van der Waals surface area (Å²) in [6.45, 7) is -0.881. The summed E-state index contributed by atoms with van der Waals surface area (Å²) in [5, 5.41) is 11.4. The molecule has 1 heterocycles. The quantitative estimate of drug-likeness (QED) is 0.639. The lowest BCUT2D eigenvalue weighted by atomic mass is 10.1. The lowest BCUT2D eigenvalue weighted by Gasteiger charge is -2.16. The van der Waals surface area contributed by atoms with E-state index in [-0.39, 0.29) is 18.0 Å². The van der Waals surface area contributed by atoms with Crippen molar-refractivity contribution in [3.8, 4) is 11.3 Å². The van der Waals surface area contributed by atoms with Crippen molar-refractivity contribution in [2.24, 2.45) is 0 Å². The molecule has 1 amide bonds. The maximum Gasteiger partial charge on any atom is 0.417 e. The molecule has 0 unspecified atom stereocenters. The van der Waals surface area contributed by atoms with Gasteiger partial charge in [0.15, 0.2) is 0 Å². The minimum Gasteiger partial charge on any atom is -0.445 e. The molecule has 27 heavy (non-hydrogen) atoms. The molecule has 146 valence electrons. The fraction of sp³-hybridized carbons (Fsp3) is 0.250. The normalized spacial score (nSPS) is 12.0. The summed E-state index contributed by atoms with van der Waals surface area (Å²) in [6, 6.07) is 7.01. The van der Waals surface area contributed by atoms with Crippen molar-refractivity contribution < 1.29 is 27.8 Å². The summed E-state index contributed by atoms with van der Waals surface area (Å²) in [7, 11) is 0. The molecule has 2 rings (SSSR count). The lowest BCUT2D eigenvalue weighted by Crippen LogP contribution is -2.22. The predicted molar refractivity (Wildman–Crippen MR) is 95.9 cm³/mol. The highest BCUT2D eigenvalue weighted by atomic mass is 35.6. The van der Waals surface area contributed by atoms with Crippen LogP contribution in [0.4, 0.5) is 23.7 Å². The number of aromatic nitrogens is 1. The minimum atomic E-state index is -4.67. The standard InChI is InChI=1S/C16H12Cl3F3N2O3/c17-15(18,19)8-27-14(26)24-12-5-11(16(20,21)22)6-23-13(12)10-3-1-2-9(4-10)7-25/h1-6,25H,7-8H2,(H,24,26). The van der Waals surface area contributed by atoms with Crippen molar-refractivity contribution in [1.82, 2.24) is 4.98 Å². The first-order valence-electron chi connectivity index (χ1n) is 7.27. The van der Waals surface area contributed by atoms with Gasteiger partial charge in [-0.3, -0.25) is 10.3 Å². The molecule has 2 N–H and O–H groups in total. The Morgan fingerprint density at radius 3 is 2.52 bits per heavy atom. The Morgan fingerprint density at radius 1 is 1.22 bits per heavy atom. The molecule has 2 aromatic rings. The molecule has 5 nitrogen and oxygen atoms in total. The molecule has 0 aliphatic carbocycles. The molecule has 0 radical (unpaired) electrons. The summed E-state index contributed by atoms with van der Waals surface area (Å²) in [5.74, 6) is 0. The first-order chi connectivity index (χ1) is 12.5. The second-order valence-corrected chi connectivity index (χ2v) is 7.81. The molecule has 0 bridgehead atoms. The third-order valence-electron chi connectivity index (χ3n) is 3.20. The van der Waals surface area contributed by atoms with Crippen LogP contribution in [0.3, 0.4) is 0 Å². The summed E-state index contributed by atoms with van der Waals surface area (Å²) < 4.78 is 41.8. The predicted octanol–water partition coefficient (Wildman–Crippen LogP) is 5.18. The molecule has 0 aliphatic rings. The van der Waals surface area contributed by atoms with Crippen molar-refractivity contribution >= 4 is 46.6 Å². The number of carbonyl (C=O) groups excluding carboxylic acids is 1. The van der Waals surface area contributed by atoms with E-state index in [0.29, 0.717) is 23.4 Å². The third-order valence-corrected chi connectivity index (χ3v) is 3.53. The van der Waals surface area contributed by atoms with Gasteiger partial charge in [-0.1, -0.05) is 53.0 Å². The van der Waals surface area contributed by atoms with Crippen LogP contribution in [0, 0.1) is 0 Å². The number of carbonyl (C=O) groups is 1. The van der Waals surface area contributed by atoms with Crippen LogP contribution in [0.25, 0.3) is 11.3 Å². The number of alkyl halides is 6. The van der Waals surface area contributed by atoms with Gasteiger partial charge in [0.2, 0.25) is 3.79 Å². The molecule has 11 heteroatoms. The number of hydrogen-bond acceptors (Lipinski definition) is 4. The van der Waals surface area contributed by atoms with Gasteiger partial charge in [0.1, 0.15) is 6.61 Å². The highest BCUT2D eigenvalue weighted by Gasteiger charge is 2.32. The van der Waals surface area contributed by atoms with E-state index in [1.807, 2.05) is 0 Å². The third kappa shape index (κ3) is 6.42. The maximum atomic E-state index is 13.0. The summed E-state index contributed by atoms with van der Waals surface area (Å²) in [6.07, 6.45) is -5.16. The number of amides is 1. The average molecular weight is 444 g/mol. The maximum absolute atomic E-state index is 13.0. The zero-order valence-corrected chi connectivity index (χ0v) is 15.6. The van der Waals surface area contributed by atoms with Gasteiger partial charge < -0.3 is 9.84 Å². The number of aliphatic hydroxyl groups is 1. The van der Waals surface area contributed by atoms with E-state index in [9.17, 15) is 23.1 Å². The second kappa shape index (κ2) is 8.52. The molecular formula is C16H12Cl3F3N2O3. The number of hydrogen-bond donors (Lipinski definition) is 2. The van der Waals surface area contributed by atoms with Crippen LogP contribution in [-0.2, 0) is 17.5 Å². The van der Waals surface area contributed by atoms with Gasteiger partial charge in [-0.05, 0) is 17.7 Å². The number of pyridine rings is 1. The monoisotopic (exact) mass is 442 g/mol. The second-order valence-electron chi connectivity index (χ2n) is 5.29. The molecule has 1 aromatic heterocycles. The van der Waals surface area contributed by atoms with Gasteiger partial charge >= 0.3 is 12.3 Å². The van der Waals surface area contributed by atoms with Gasteiger partial charge in [0, 0.05) is 11.8 Å². The number of aliphatic hydroxyl groups excluding tert-OH is 1. The van der Waals surface area contributed by atoms with Crippen molar-refractivity contribution in [3.05, 3.63) is 47.7 Å². The van der Waals surface area contributed by atoms with Gasteiger partial charge in [-0.15, -0.1) is 0 Å². The largest absolute Gasteiger partial charge is 0.445 e. The Labute approximate surface area is 167 Å². The highest BCUT2D eigenvalue weighted by Crippen LogP contribution is 2.35. The SMILES string of the molecule is O=C(Nc1cc(C(F)(F)F)cnc1-c1cccc(CO)c1)OCC(Cl)(Cl)Cl. The van der Waals surface area contributed by atoms with Gasteiger partial charge in [-0.25, -0.2) is 4.79 Å². The smallest absolute Gasteiger partial charge is 0.417 e. The van der Waals surface area contributed by atoms with E-state index in [1.54, 1.807) is 18.2 Å². The summed E-state index contributed by atoms with van der Waals surface area (Å²) in [4.78, 5) is 15.7. The molecule has 0 fully saturated rings. The highest BCUT2D eigenvalue weighted by molar-refractivity contribution is 6.67. The van der Waals surface area contributed by atoms with E-state index in [4.69, 9.17) is 34.8 Å². The van der Waals surface area contributed by atoms with Crippen molar-refractivity contribution in [2.45, 2.75) is 16.6 Å². The van der Waals surface area contributed by atoms with Gasteiger partial charge in [-0.2, -0.15) is 13.2 Å². The Kier molecular flexibility index (Phi) is 6.80. The van der Waals surface area contributed by atoms with E-state index in [2.05, 4.69) is 15.0 Å². The van der Waals surface area contributed by atoms with Crippen molar-refractivity contribution in [3.63, 3.8) is 0 Å². The van der Waals surface area contributed by atoms with E-state index >= 15 is 0 Å². The number of nitrogens with zero attached hydrogens (tertiary/aromatic N) is 1. The van der Waals surface area contributed by atoms with Crippen LogP contribution < -0.4 is 5.32 Å². The summed E-state index contributed by atoms with van der Waals surface area (Å²) in [5.41, 5.74) is -0.384. The molecular weight excluding hydrogens is 432 g/mol. The first-order valence-corrected chi connectivity index (χ1v) is 8.41. The van der Waals surface area contributed by atoms with E-state index in [0.717, 1.165) is 0 Å². The number of halogens is 6. The van der Waals surface area contributed by atoms with Gasteiger partial charge in [0.05, 0.1) is 23.6 Å². The lowest BCUT2D eigenvalue weighted by molar-refractivity contribution is -0.137. The van der Waals surface area contributed by atoms with Crippen LogP contribution >= 0.6 is 34.8 Å². The van der Waals surface area contributed by atoms with Crippen LogP contribution in [-0.4, -0.2) is 26.6 Å². The fourth-order valence-electron chi connectivity index (χ4n) is 2.06. The van der Waals surface area contributed by atoms with E-state index in [1.165, 1.54) is 6.07 Å². The van der Waals surface area contributed by atoms with Crippen molar-refractivity contribution in [1.29, 1.82) is 0 Å². The fourth-order valence-corrected chi connectivity index (χ4v) is 2.22. The number of rotatable bonds is 4. The Bertz CT molecular complexity index is 827. The minimum absolute atomic E-state index is 0.0455. The van der Waals surface area contributed by atoms with Crippen molar-refractivity contribution in [2.75, 3.05) is 11.9 Å². The summed E-state index contributed by atoms with van der Waals surface area (Å²) >= 11 is 16.4. The number of ether oxygens (including phenoxy) is 1. The Hall–Kier alpha value is -1.74. The Balaban J connectivity index is 2.40. The number of nitrogens with one attached hydrogen (secondary N) is 1. The van der Waals surface area contributed by atoms with Gasteiger partial charge in [0.25, 0.3) is 0 Å². The number of benzene rings is 1. The molecule has 0 aliphatic heterocycles. The Morgan fingerprint density at radius 2 is 1.93 bits per heavy atom. The van der Waals surface area contributed by atoms with Crippen LogP contribution in [0.5, 0.6) is 0 Å². The zero-order valence-electron chi connectivity index (χ0n) is 13.4. The number of anilines is 1. The average Bonchev–Trinajstić information content (AvgIpc) is 2.58. The molecule has 0 atom stereocenters. The zero-order chi connectivity index (χ0) is 20.2. The molecule has 0 spiro atoms. The first kappa shape index (κ1) is 21.6. The molecule has 0 saturated carbocycles.